The van der Waals surface area contributed by atoms with Crippen LogP contribution in [-0.4, -0.2) is 19.9 Å². The number of nitrogens with zero attached hydrogens (tertiary/aromatic N) is 4. The van der Waals surface area contributed by atoms with Crippen LogP contribution in [0, 0.1) is 11.8 Å². The first kappa shape index (κ1) is 30.2. The summed E-state index contributed by atoms with van der Waals surface area (Å²) in [5, 5.41) is 6.96. The molecular weight excluding hydrogens is 587 g/mol. The van der Waals surface area contributed by atoms with Gasteiger partial charge < -0.3 is 10.6 Å². The number of hydrogen-bond acceptors (Lipinski definition) is 6. The van der Waals surface area contributed by atoms with E-state index in [9.17, 15) is 0 Å². The van der Waals surface area contributed by atoms with Crippen molar-refractivity contribution in [1.29, 1.82) is 0 Å². The topological polar surface area (TPSA) is 75.6 Å². The lowest BCUT2D eigenvalue weighted by molar-refractivity contribution is 0.936. The highest BCUT2D eigenvalue weighted by Crippen LogP contribution is 2.22. The highest BCUT2D eigenvalue weighted by molar-refractivity contribution is 6.28. The van der Waals surface area contributed by atoms with Crippen LogP contribution in [-0.2, 0) is 12.8 Å². The minimum absolute atomic E-state index is 0.184. The van der Waals surface area contributed by atoms with E-state index in [0.29, 0.717) is 11.4 Å². The molecule has 2 aromatic heterocycles. The van der Waals surface area contributed by atoms with Crippen LogP contribution >= 0.6 is 23.2 Å². The zero-order valence-corrected chi connectivity index (χ0v) is 25.2. The number of halogens is 2. The lowest BCUT2D eigenvalue weighted by atomic mass is 10.1. The summed E-state index contributed by atoms with van der Waals surface area (Å²) in [5.74, 6) is 7.53. The molecular formula is C36H28Cl2N6. The number of aryl methyl sites for hydroxylation is 2. The van der Waals surface area contributed by atoms with Crippen molar-refractivity contribution in [2.24, 2.45) is 0 Å². The molecule has 0 spiro atoms. The summed E-state index contributed by atoms with van der Waals surface area (Å²) in [7, 11) is 0. The fourth-order valence-electron chi connectivity index (χ4n) is 4.12. The van der Waals surface area contributed by atoms with Crippen LogP contribution in [0.3, 0.4) is 0 Å². The zero-order valence-electron chi connectivity index (χ0n) is 23.7. The lowest BCUT2D eigenvalue weighted by Gasteiger charge is -2.11. The summed E-state index contributed by atoms with van der Waals surface area (Å²) in [5.41, 5.74) is 5.87. The van der Waals surface area contributed by atoms with E-state index in [0.717, 1.165) is 41.2 Å². The van der Waals surface area contributed by atoms with Gasteiger partial charge in [-0.2, -0.15) is 4.98 Å². The predicted octanol–water partition coefficient (Wildman–Crippen LogP) is 8.93. The SMILES string of the molecule is Clc1ncc(C#Cc2ccccc2)c(Nc2ccccc2)n1.Clc1ncc(CCc2ccccc2)c(Nc2ccccc2)n1. The minimum atomic E-state index is 0.184. The van der Waals surface area contributed by atoms with Gasteiger partial charge in [0, 0.05) is 34.9 Å². The number of nitrogens with one attached hydrogen (secondary N) is 2. The second kappa shape index (κ2) is 15.9. The van der Waals surface area contributed by atoms with Crippen LogP contribution in [0.25, 0.3) is 0 Å². The van der Waals surface area contributed by atoms with Gasteiger partial charge in [-0.1, -0.05) is 96.8 Å². The average molecular weight is 616 g/mol. The molecule has 6 rings (SSSR count). The number of aromatic nitrogens is 4. The number of anilines is 4. The van der Waals surface area contributed by atoms with Crippen LogP contribution in [0.4, 0.5) is 23.0 Å². The first-order valence-electron chi connectivity index (χ1n) is 13.9. The Kier molecular flexibility index (Phi) is 10.9. The van der Waals surface area contributed by atoms with E-state index >= 15 is 0 Å². The molecule has 2 heterocycles. The molecule has 0 amide bonds. The molecule has 44 heavy (non-hydrogen) atoms. The van der Waals surface area contributed by atoms with Crippen LogP contribution < -0.4 is 10.6 Å². The Labute approximate surface area is 267 Å². The van der Waals surface area contributed by atoms with E-state index in [1.165, 1.54) is 5.56 Å². The molecule has 6 nitrogen and oxygen atoms in total. The summed E-state index contributed by atoms with van der Waals surface area (Å²) >= 11 is 11.8. The molecule has 4 aromatic carbocycles. The highest BCUT2D eigenvalue weighted by Gasteiger charge is 2.08. The van der Waals surface area contributed by atoms with E-state index in [1.807, 2.05) is 97.1 Å². The predicted molar refractivity (Wildman–Crippen MR) is 180 cm³/mol. The van der Waals surface area contributed by atoms with Gasteiger partial charge in [0.2, 0.25) is 10.6 Å². The van der Waals surface area contributed by atoms with Gasteiger partial charge in [-0.15, -0.1) is 0 Å². The maximum atomic E-state index is 5.94. The molecule has 2 N–H and O–H groups in total. The summed E-state index contributed by atoms with van der Waals surface area (Å²) in [6.07, 6.45) is 5.21. The second-order valence-electron chi connectivity index (χ2n) is 9.50. The number of benzene rings is 4. The normalized spacial score (nSPS) is 10.0. The molecule has 0 unspecified atom stereocenters. The van der Waals surface area contributed by atoms with Gasteiger partial charge in [0.05, 0.1) is 5.56 Å². The Morgan fingerprint density at radius 1 is 0.523 bits per heavy atom. The molecule has 0 saturated carbocycles. The van der Waals surface area contributed by atoms with Gasteiger partial charge in [0.15, 0.2) is 5.82 Å². The molecule has 0 fully saturated rings. The first-order chi connectivity index (χ1) is 21.6. The summed E-state index contributed by atoms with van der Waals surface area (Å²) in [6, 6.07) is 39.8. The average Bonchev–Trinajstić information content (AvgIpc) is 3.06. The highest BCUT2D eigenvalue weighted by atomic mass is 35.5. The van der Waals surface area contributed by atoms with Crippen LogP contribution in [0.15, 0.2) is 134 Å². The quantitative estimate of drug-likeness (QED) is 0.138. The fourth-order valence-corrected chi connectivity index (χ4v) is 4.39. The third kappa shape index (κ3) is 9.40. The smallest absolute Gasteiger partial charge is 0.224 e. The van der Waals surface area contributed by atoms with Crippen molar-refractivity contribution < 1.29 is 0 Å². The van der Waals surface area contributed by atoms with Crippen LogP contribution in [0.5, 0.6) is 0 Å². The van der Waals surface area contributed by atoms with Crippen molar-refractivity contribution in [1.82, 2.24) is 19.9 Å². The van der Waals surface area contributed by atoms with Crippen LogP contribution in [0.1, 0.15) is 22.3 Å². The van der Waals surface area contributed by atoms with Gasteiger partial charge in [-0.3, -0.25) is 0 Å². The van der Waals surface area contributed by atoms with E-state index in [2.05, 4.69) is 66.7 Å². The van der Waals surface area contributed by atoms with Gasteiger partial charge in [-0.05, 0) is 78.0 Å². The van der Waals surface area contributed by atoms with Gasteiger partial charge in [0.25, 0.3) is 0 Å². The van der Waals surface area contributed by atoms with E-state index in [1.54, 1.807) is 12.4 Å². The monoisotopic (exact) mass is 614 g/mol. The fraction of sp³-hybridized carbons (Fsp3) is 0.0556. The lowest BCUT2D eigenvalue weighted by Crippen LogP contribution is -2.02. The van der Waals surface area contributed by atoms with Crippen molar-refractivity contribution >= 4 is 46.2 Å². The third-order valence-electron chi connectivity index (χ3n) is 6.31. The van der Waals surface area contributed by atoms with E-state index < -0.39 is 0 Å². The Morgan fingerprint density at radius 2 is 1.02 bits per heavy atom. The molecule has 0 aliphatic rings. The van der Waals surface area contributed by atoms with Crippen molar-refractivity contribution in [3.63, 3.8) is 0 Å². The van der Waals surface area contributed by atoms with Crippen molar-refractivity contribution in [3.8, 4) is 11.8 Å². The van der Waals surface area contributed by atoms with Gasteiger partial charge in [-0.25, -0.2) is 15.0 Å². The molecule has 0 radical (unpaired) electrons. The summed E-state index contributed by atoms with van der Waals surface area (Å²) < 4.78 is 0. The number of rotatable bonds is 7. The maximum Gasteiger partial charge on any atom is 0.224 e. The maximum absolute atomic E-state index is 5.94. The molecule has 216 valence electrons. The molecule has 0 aliphatic carbocycles. The number of hydrogen-bond donors (Lipinski definition) is 2. The Balaban J connectivity index is 0.000000175. The molecule has 8 heteroatoms. The van der Waals surface area contributed by atoms with Crippen molar-refractivity contribution in [2.75, 3.05) is 10.6 Å². The minimum Gasteiger partial charge on any atom is -0.340 e. The Bertz CT molecular complexity index is 1830. The summed E-state index contributed by atoms with van der Waals surface area (Å²) in [4.78, 5) is 16.7. The van der Waals surface area contributed by atoms with Crippen molar-refractivity contribution in [2.45, 2.75) is 12.8 Å². The standard InChI is InChI=1S/C18H16ClN3.C18H12ClN3/c2*19-18-20-13-15(12-11-14-7-3-1-4-8-14)17(22-18)21-16-9-5-2-6-10-16/h1-10,13H,11-12H2,(H,20,21,22);1-10,13H,(H,20,21,22). The second-order valence-corrected chi connectivity index (χ2v) is 10.2. The van der Waals surface area contributed by atoms with E-state index in [4.69, 9.17) is 23.2 Å². The molecule has 6 aromatic rings. The van der Waals surface area contributed by atoms with Gasteiger partial charge >= 0.3 is 0 Å². The molecule has 0 saturated heterocycles. The Hall–Kier alpha value is -5.22. The first-order valence-corrected chi connectivity index (χ1v) is 14.7. The third-order valence-corrected chi connectivity index (χ3v) is 6.67. The van der Waals surface area contributed by atoms with Crippen molar-refractivity contribution in [3.05, 3.63) is 167 Å². The largest absolute Gasteiger partial charge is 0.340 e. The zero-order chi connectivity index (χ0) is 30.4. The van der Waals surface area contributed by atoms with Crippen LogP contribution in [0.2, 0.25) is 10.6 Å². The van der Waals surface area contributed by atoms with Gasteiger partial charge in [0.1, 0.15) is 5.82 Å². The molecule has 0 bridgehead atoms. The summed E-state index contributed by atoms with van der Waals surface area (Å²) in [6.45, 7) is 0. The molecule has 0 aliphatic heterocycles. The Morgan fingerprint density at radius 3 is 1.64 bits per heavy atom. The van der Waals surface area contributed by atoms with E-state index in [-0.39, 0.29) is 10.6 Å². The molecule has 0 atom stereocenters. The number of para-hydroxylation sites is 2.